The van der Waals surface area contributed by atoms with Gasteiger partial charge in [-0.25, -0.2) is 0 Å². The van der Waals surface area contributed by atoms with Crippen molar-refractivity contribution >= 4 is 43.4 Å². The Labute approximate surface area is 93.1 Å². The summed E-state index contributed by atoms with van der Waals surface area (Å²) in [6.07, 6.45) is 0. The third kappa shape index (κ3) is 1.46. The average molecular weight is 274 g/mol. The monoisotopic (exact) mass is 273 g/mol. The molecule has 0 aromatic carbocycles. The van der Waals surface area contributed by atoms with Gasteiger partial charge in [0, 0.05) is 25.5 Å². The first-order chi connectivity index (χ1) is 6.59. The Morgan fingerprint density at radius 3 is 2.86 bits per heavy atom. The summed E-state index contributed by atoms with van der Waals surface area (Å²) >= 11 is 4.73. The highest BCUT2D eigenvalue weighted by Gasteiger charge is 2.10. The van der Waals surface area contributed by atoms with Crippen LogP contribution in [0.4, 0.5) is 5.88 Å². The standard InChI is InChI=1S/C9H8BrNO2S/c1-11(2)7-3-6(12)9-8(13-7)5(10)4-14-9/h3-4H,1-2H3. The van der Waals surface area contributed by atoms with Crippen molar-refractivity contribution in [2.75, 3.05) is 19.0 Å². The molecule has 5 heteroatoms. The summed E-state index contributed by atoms with van der Waals surface area (Å²) < 4.78 is 7.05. The van der Waals surface area contributed by atoms with Crippen molar-refractivity contribution in [2.24, 2.45) is 0 Å². The van der Waals surface area contributed by atoms with Gasteiger partial charge in [-0.05, 0) is 15.9 Å². The molecule has 3 nitrogen and oxygen atoms in total. The van der Waals surface area contributed by atoms with E-state index in [1.54, 1.807) is 4.90 Å². The molecule has 0 aliphatic carbocycles. The molecule has 2 aromatic heterocycles. The number of hydrogen-bond donors (Lipinski definition) is 0. The van der Waals surface area contributed by atoms with Crippen LogP contribution in [-0.4, -0.2) is 14.1 Å². The Morgan fingerprint density at radius 1 is 1.50 bits per heavy atom. The quantitative estimate of drug-likeness (QED) is 0.801. The number of anilines is 1. The summed E-state index contributed by atoms with van der Waals surface area (Å²) in [6, 6.07) is 1.51. The second-order valence-electron chi connectivity index (χ2n) is 3.09. The Balaban J connectivity index is 2.82. The third-order valence-electron chi connectivity index (χ3n) is 1.83. The molecule has 0 amide bonds. The first-order valence-corrected chi connectivity index (χ1v) is 5.65. The van der Waals surface area contributed by atoms with Crippen molar-refractivity contribution in [3.8, 4) is 0 Å². The Hall–Kier alpha value is -0.810. The van der Waals surface area contributed by atoms with Crippen molar-refractivity contribution in [3.63, 3.8) is 0 Å². The number of rotatable bonds is 1. The summed E-state index contributed by atoms with van der Waals surface area (Å²) in [6.45, 7) is 0. The summed E-state index contributed by atoms with van der Waals surface area (Å²) in [5.74, 6) is 0.571. The molecule has 0 N–H and O–H groups in total. The van der Waals surface area contributed by atoms with Crippen LogP contribution in [0.2, 0.25) is 0 Å². The van der Waals surface area contributed by atoms with Gasteiger partial charge in [0.05, 0.1) is 4.47 Å². The van der Waals surface area contributed by atoms with E-state index in [1.165, 1.54) is 17.4 Å². The lowest BCUT2D eigenvalue weighted by atomic mass is 10.4. The number of thiophene rings is 1. The predicted octanol–water partition coefficient (Wildman–Crippen LogP) is 2.68. The molecule has 0 saturated carbocycles. The van der Waals surface area contributed by atoms with Gasteiger partial charge < -0.3 is 9.32 Å². The molecule has 74 valence electrons. The van der Waals surface area contributed by atoms with Gasteiger partial charge in [-0.3, -0.25) is 4.79 Å². The van der Waals surface area contributed by atoms with Crippen LogP contribution in [0.25, 0.3) is 10.3 Å². The minimum absolute atomic E-state index is 0.00523. The van der Waals surface area contributed by atoms with Gasteiger partial charge in [0.15, 0.2) is 11.5 Å². The maximum absolute atomic E-state index is 11.6. The summed E-state index contributed by atoms with van der Waals surface area (Å²) in [5, 5.41) is 1.86. The highest BCUT2D eigenvalue weighted by Crippen LogP contribution is 2.30. The highest BCUT2D eigenvalue weighted by atomic mass is 79.9. The zero-order chi connectivity index (χ0) is 10.3. The zero-order valence-electron chi connectivity index (χ0n) is 7.70. The van der Waals surface area contributed by atoms with E-state index < -0.39 is 0 Å². The zero-order valence-corrected chi connectivity index (χ0v) is 10.1. The molecule has 0 unspecified atom stereocenters. The normalized spacial score (nSPS) is 10.8. The molecule has 2 rings (SSSR count). The third-order valence-corrected chi connectivity index (χ3v) is 3.70. The van der Waals surface area contributed by atoms with Gasteiger partial charge in [0.25, 0.3) is 0 Å². The average Bonchev–Trinajstić information content (AvgIpc) is 2.48. The molecule has 0 fully saturated rings. The Kier molecular flexibility index (Phi) is 2.36. The van der Waals surface area contributed by atoms with Crippen molar-refractivity contribution < 1.29 is 4.42 Å². The lowest BCUT2D eigenvalue weighted by Gasteiger charge is -2.09. The fraction of sp³-hybridized carbons (Fsp3) is 0.222. The van der Waals surface area contributed by atoms with Crippen LogP contribution < -0.4 is 10.3 Å². The number of nitrogens with zero attached hydrogens (tertiary/aromatic N) is 1. The van der Waals surface area contributed by atoms with Crippen LogP contribution in [0.15, 0.2) is 25.1 Å². The van der Waals surface area contributed by atoms with Crippen LogP contribution in [0, 0.1) is 0 Å². The van der Waals surface area contributed by atoms with E-state index in [2.05, 4.69) is 15.9 Å². The predicted molar refractivity (Wildman–Crippen MR) is 62.4 cm³/mol. The summed E-state index contributed by atoms with van der Waals surface area (Å²) in [7, 11) is 3.68. The lowest BCUT2D eigenvalue weighted by Crippen LogP contribution is -2.11. The van der Waals surface area contributed by atoms with E-state index in [0.29, 0.717) is 16.2 Å². The van der Waals surface area contributed by atoms with Gasteiger partial charge in [0.2, 0.25) is 5.43 Å². The largest absolute Gasteiger partial charge is 0.438 e. The van der Waals surface area contributed by atoms with Crippen molar-refractivity contribution in [1.82, 2.24) is 0 Å². The van der Waals surface area contributed by atoms with Crippen LogP contribution in [0.3, 0.4) is 0 Å². The van der Waals surface area contributed by atoms with Crippen LogP contribution >= 0.6 is 27.3 Å². The van der Waals surface area contributed by atoms with Gasteiger partial charge in [-0.15, -0.1) is 11.3 Å². The molecule has 0 aliphatic heterocycles. The van der Waals surface area contributed by atoms with E-state index >= 15 is 0 Å². The molecule has 0 atom stereocenters. The maximum Gasteiger partial charge on any atom is 0.204 e. The molecule has 0 radical (unpaired) electrons. The lowest BCUT2D eigenvalue weighted by molar-refractivity contribution is 0.597. The van der Waals surface area contributed by atoms with Gasteiger partial charge in [-0.2, -0.15) is 0 Å². The first kappa shape index (κ1) is 9.73. The molecule has 2 aromatic rings. The molecular formula is C9H8BrNO2S. The van der Waals surface area contributed by atoms with Crippen molar-refractivity contribution in [2.45, 2.75) is 0 Å². The van der Waals surface area contributed by atoms with Crippen LogP contribution in [-0.2, 0) is 0 Å². The number of fused-ring (bicyclic) bond motifs is 1. The Morgan fingerprint density at radius 2 is 2.21 bits per heavy atom. The van der Waals surface area contributed by atoms with Gasteiger partial charge in [0.1, 0.15) is 4.70 Å². The van der Waals surface area contributed by atoms with Crippen LogP contribution in [0.5, 0.6) is 0 Å². The fourth-order valence-corrected chi connectivity index (χ4v) is 2.58. The molecule has 0 aliphatic rings. The van der Waals surface area contributed by atoms with E-state index in [-0.39, 0.29) is 5.43 Å². The first-order valence-electron chi connectivity index (χ1n) is 3.98. The van der Waals surface area contributed by atoms with Crippen molar-refractivity contribution in [3.05, 3.63) is 26.1 Å². The maximum atomic E-state index is 11.6. The Bertz CT molecular complexity index is 529. The molecule has 2 heterocycles. The smallest absolute Gasteiger partial charge is 0.204 e. The van der Waals surface area contributed by atoms with Gasteiger partial charge in [-0.1, -0.05) is 0 Å². The highest BCUT2D eigenvalue weighted by molar-refractivity contribution is 9.10. The fourth-order valence-electron chi connectivity index (χ4n) is 1.12. The topological polar surface area (TPSA) is 33.5 Å². The van der Waals surface area contributed by atoms with E-state index in [0.717, 1.165) is 4.47 Å². The molecular weight excluding hydrogens is 266 g/mol. The van der Waals surface area contributed by atoms with Gasteiger partial charge >= 0.3 is 0 Å². The second-order valence-corrected chi connectivity index (χ2v) is 4.82. The van der Waals surface area contributed by atoms with E-state index in [4.69, 9.17) is 4.42 Å². The van der Waals surface area contributed by atoms with E-state index in [9.17, 15) is 4.79 Å². The minimum Gasteiger partial charge on any atom is -0.438 e. The number of hydrogen-bond acceptors (Lipinski definition) is 4. The molecule has 14 heavy (non-hydrogen) atoms. The molecule has 0 saturated heterocycles. The number of halogens is 1. The molecule has 0 bridgehead atoms. The van der Waals surface area contributed by atoms with Crippen molar-refractivity contribution in [1.29, 1.82) is 0 Å². The van der Waals surface area contributed by atoms with Crippen LogP contribution in [0.1, 0.15) is 0 Å². The molecule has 0 spiro atoms. The SMILES string of the molecule is CN(C)c1cc(=O)c2scc(Br)c2o1. The minimum atomic E-state index is 0.00523. The van der Waals surface area contributed by atoms with E-state index in [1.807, 2.05) is 19.5 Å². The summed E-state index contributed by atoms with van der Waals surface area (Å²) in [5.41, 5.74) is 0.636. The summed E-state index contributed by atoms with van der Waals surface area (Å²) in [4.78, 5) is 13.4. The second kappa shape index (κ2) is 3.40.